The Balaban J connectivity index is 1.97. The SMILES string of the molecule is CCCCN1C(=O)[C@H](C(=O)OCC)[C@H](c2ccc(C)cc2)n2c1nc1ccccc12. The van der Waals surface area contributed by atoms with Crippen molar-refractivity contribution >= 4 is 28.9 Å². The molecule has 0 saturated carbocycles. The predicted octanol–water partition coefficient (Wildman–Crippen LogP) is 4.26. The molecule has 0 spiro atoms. The number of anilines is 1. The molecule has 0 bridgehead atoms. The summed E-state index contributed by atoms with van der Waals surface area (Å²) in [5, 5.41) is 0. The maximum Gasteiger partial charge on any atom is 0.321 e. The van der Waals surface area contributed by atoms with Crippen molar-refractivity contribution in [2.75, 3.05) is 18.1 Å². The van der Waals surface area contributed by atoms with Crippen LogP contribution in [-0.2, 0) is 14.3 Å². The smallest absolute Gasteiger partial charge is 0.321 e. The summed E-state index contributed by atoms with van der Waals surface area (Å²) in [6, 6.07) is 15.3. The summed E-state index contributed by atoms with van der Waals surface area (Å²) in [5.41, 5.74) is 3.73. The molecule has 2 atom stereocenters. The van der Waals surface area contributed by atoms with Gasteiger partial charge >= 0.3 is 5.97 Å². The third-order valence-electron chi connectivity index (χ3n) is 5.64. The van der Waals surface area contributed by atoms with Gasteiger partial charge in [0.25, 0.3) is 0 Å². The number of rotatable bonds is 6. The second kappa shape index (κ2) is 8.30. The van der Waals surface area contributed by atoms with Crippen LogP contribution in [0.25, 0.3) is 11.0 Å². The molecule has 1 aromatic heterocycles. The van der Waals surface area contributed by atoms with Gasteiger partial charge in [0, 0.05) is 6.54 Å². The number of carbonyl (C=O) groups is 2. The molecule has 156 valence electrons. The van der Waals surface area contributed by atoms with E-state index in [2.05, 4.69) is 6.92 Å². The summed E-state index contributed by atoms with van der Waals surface area (Å²) in [6.45, 7) is 6.61. The normalized spacial score (nSPS) is 18.5. The second-order valence-corrected chi connectivity index (χ2v) is 7.70. The van der Waals surface area contributed by atoms with Crippen LogP contribution in [0.2, 0.25) is 0 Å². The van der Waals surface area contributed by atoms with Crippen LogP contribution in [0.3, 0.4) is 0 Å². The van der Waals surface area contributed by atoms with Crippen molar-refractivity contribution in [1.82, 2.24) is 9.55 Å². The van der Waals surface area contributed by atoms with Crippen molar-refractivity contribution in [2.24, 2.45) is 5.92 Å². The third kappa shape index (κ3) is 3.36. The molecule has 2 heterocycles. The number of amides is 1. The summed E-state index contributed by atoms with van der Waals surface area (Å²) in [4.78, 5) is 33.1. The number of aromatic nitrogens is 2. The number of benzene rings is 2. The van der Waals surface area contributed by atoms with E-state index in [1.165, 1.54) is 0 Å². The molecule has 4 rings (SSSR count). The zero-order valence-electron chi connectivity index (χ0n) is 17.7. The van der Waals surface area contributed by atoms with Crippen LogP contribution in [0.15, 0.2) is 48.5 Å². The highest BCUT2D eigenvalue weighted by Crippen LogP contribution is 2.41. The van der Waals surface area contributed by atoms with E-state index >= 15 is 0 Å². The molecule has 2 aromatic carbocycles. The number of nitrogens with zero attached hydrogens (tertiary/aromatic N) is 3. The number of hydrogen-bond donors (Lipinski definition) is 0. The Morgan fingerprint density at radius 2 is 1.83 bits per heavy atom. The highest BCUT2D eigenvalue weighted by Gasteiger charge is 2.47. The zero-order valence-corrected chi connectivity index (χ0v) is 17.7. The minimum atomic E-state index is -0.949. The Morgan fingerprint density at radius 3 is 2.53 bits per heavy atom. The molecule has 1 aliphatic heterocycles. The molecule has 0 radical (unpaired) electrons. The monoisotopic (exact) mass is 405 g/mol. The molecule has 0 saturated heterocycles. The fraction of sp³-hybridized carbons (Fsp3) is 0.375. The van der Waals surface area contributed by atoms with E-state index in [0.29, 0.717) is 12.5 Å². The molecule has 30 heavy (non-hydrogen) atoms. The van der Waals surface area contributed by atoms with Crippen LogP contribution in [0.5, 0.6) is 0 Å². The van der Waals surface area contributed by atoms with Crippen LogP contribution < -0.4 is 4.90 Å². The maximum absolute atomic E-state index is 13.6. The molecule has 6 heteroatoms. The van der Waals surface area contributed by atoms with Crippen LogP contribution in [0, 0.1) is 12.8 Å². The van der Waals surface area contributed by atoms with Crippen LogP contribution >= 0.6 is 0 Å². The summed E-state index contributed by atoms with van der Waals surface area (Å²) >= 11 is 0. The van der Waals surface area contributed by atoms with Gasteiger partial charge in [-0.25, -0.2) is 4.98 Å². The Kier molecular flexibility index (Phi) is 5.57. The number of fused-ring (bicyclic) bond motifs is 3. The fourth-order valence-corrected chi connectivity index (χ4v) is 4.14. The highest BCUT2D eigenvalue weighted by atomic mass is 16.5. The van der Waals surface area contributed by atoms with E-state index in [1.54, 1.807) is 11.8 Å². The van der Waals surface area contributed by atoms with Crippen molar-refractivity contribution in [3.05, 3.63) is 59.7 Å². The molecular formula is C24H27N3O3. The molecule has 1 aliphatic rings. The van der Waals surface area contributed by atoms with E-state index < -0.39 is 17.9 Å². The second-order valence-electron chi connectivity index (χ2n) is 7.70. The number of para-hydroxylation sites is 2. The quantitative estimate of drug-likeness (QED) is 0.454. The van der Waals surface area contributed by atoms with Crippen molar-refractivity contribution in [3.63, 3.8) is 0 Å². The Hall–Kier alpha value is -3.15. The van der Waals surface area contributed by atoms with Crippen LogP contribution in [0.4, 0.5) is 5.95 Å². The molecule has 0 unspecified atom stereocenters. The average molecular weight is 405 g/mol. The van der Waals surface area contributed by atoms with Gasteiger partial charge in [0.2, 0.25) is 11.9 Å². The average Bonchev–Trinajstić information content (AvgIpc) is 3.12. The first kappa shape index (κ1) is 20.1. The topological polar surface area (TPSA) is 64.4 Å². The lowest BCUT2D eigenvalue weighted by molar-refractivity contribution is -0.153. The lowest BCUT2D eigenvalue weighted by Gasteiger charge is -2.38. The van der Waals surface area contributed by atoms with Crippen molar-refractivity contribution < 1.29 is 14.3 Å². The number of esters is 1. The minimum absolute atomic E-state index is 0.232. The van der Waals surface area contributed by atoms with Gasteiger partial charge in [-0.05, 0) is 38.0 Å². The lowest BCUT2D eigenvalue weighted by Crippen LogP contribution is -2.50. The summed E-state index contributed by atoms with van der Waals surface area (Å²) < 4.78 is 7.40. The molecule has 1 amide bonds. The number of hydrogen-bond acceptors (Lipinski definition) is 4. The largest absolute Gasteiger partial charge is 0.465 e. The third-order valence-corrected chi connectivity index (χ3v) is 5.64. The van der Waals surface area contributed by atoms with E-state index in [0.717, 1.165) is 35.0 Å². The van der Waals surface area contributed by atoms with Gasteiger partial charge in [0.15, 0.2) is 5.92 Å². The number of unbranched alkanes of at least 4 members (excludes halogenated alkanes) is 1. The van der Waals surface area contributed by atoms with Gasteiger partial charge in [0.1, 0.15) is 0 Å². The van der Waals surface area contributed by atoms with Crippen molar-refractivity contribution in [1.29, 1.82) is 0 Å². The Labute approximate surface area is 176 Å². The summed E-state index contributed by atoms with van der Waals surface area (Å²) in [7, 11) is 0. The van der Waals surface area contributed by atoms with Gasteiger partial charge in [-0.1, -0.05) is 55.3 Å². The van der Waals surface area contributed by atoms with Gasteiger partial charge in [-0.3, -0.25) is 14.5 Å². The first-order valence-electron chi connectivity index (χ1n) is 10.6. The first-order valence-corrected chi connectivity index (χ1v) is 10.6. The molecule has 0 fully saturated rings. The van der Waals surface area contributed by atoms with Gasteiger partial charge in [-0.15, -0.1) is 0 Å². The minimum Gasteiger partial charge on any atom is -0.465 e. The predicted molar refractivity (Wildman–Crippen MR) is 116 cm³/mol. The molecule has 6 nitrogen and oxygen atoms in total. The Bertz CT molecular complexity index is 1070. The number of aryl methyl sites for hydroxylation is 1. The van der Waals surface area contributed by atoms with E-state index in [1.807, 2.05) is 60.0 Å². The number of ether oxygens (including phenoxy) is 1. The maximum atomic E-state index is 13.6. The van der Waals surface area contributed by atoms with Crippen molar-refractivity contribution in [3.8, 4) is 0 Å². The Morgan fingerprint density at radius 1 is 1.10 bits per heavy atom. The molecule has 3 aromatic rings. The lowest BCUT2D eigenvalue weighted by atomic mass is 9.89. The number of carbonyl (C=O) groups excluding carboxylic acids is 2. The summed E-state index contributed by atoms with van der Waals surface area (Å²) in [5.74, 6) is -1.08. The van der Waals surface area contributed by atoms with Crippen LogP contribution in [0.1, 0.15) is 43.9 Å². The van der Waals surface area contributed by atoms with Gasteiger partial charge < -0.3 is 9.30 Å². The fourth-order valence-electron chi connectivity index (χ4n) is 4.14. The van der Waals surface area contributed by atoms with E-state index in [9.17, 15) is 9.59 Å². The molecule has 0 aliphatic carbocycles. The van der Waals surface area contributed by atoms with Crippen molar-refractivity contribution in [2.45, 2.75) is 39.7 Å². The van der Waals surface area contributed by atoms with Gasteiger partial charge in [0.05, 0.1) is 23.7 Å². The van der Waals surface area contributed by atoms with E-state index in [4.69, 9.17) is 9.72 Å². The number of imidazole rings is 1. The summed E-state index contributed by atoms with van der Waals surface area (Å²) in [6.07, 6.45) is 1.77. The highest BCUT2D eigenvalue weighted by molar-refractivity contribution is 6.08. The zero-order chi connectivity index (χ0) is 21.3. The first-order chi connectivity index (χ1) is 14.6. The standard InChI is InChI=1S/C24H27N3O3/c1-4-6-15-26-22(28)20(23(29)30-5-2)21(17-13-11-16(3)12-14-17)27-19-10-8-7-9-18(19)25-24(26)27/h7-14,20-21H,4-6,15H2,1-3H3/t20-,21+/m1/s1. The van der Waals surface area contributed by atoms with E-state index in [-0.39, 0.29) is 12.5 Å². The molecular weight excluding hydrogens is 378 g/mol. The van der Waals surface area contributed by atoms with Crippen LogP contribution in [-0.4, -0.2) is 34.6 Å². The van der Waals surface area contributed by atoms with Gasteiger partial charge in [-0.2, -0.15) is 0 Å². The molecule has 0 N–H and O–H groups in total.